The first-order valence-electron chi connectivity index (χ1n) is 8.63. The van der Waals surface area contributed by atoms with Crippen LogP contribution < -0.4 is 5.32 Å². The van der Waals surface area contributed by atoms with Crippen LogP contribution in [0.2, 0.25) is 5.02 Å². The van der Waals surface area contributed by atoms with Crippen LogP contribution in [0.3, 0.4) is 0 Å². The molecule has 0 saturated carbocycles. The number of aliphatic carboxylic acids is 1. The van der Waals surface area contributed by atoms with E-state index >= 15 is 0 Å². The van der Waals surface area contributed by atoms with Gasteiger partial charge in [-0.25, -0.2) is 0 Å². The molecule has 1 aliphatic rings. The molecule has 0 spiro atoms. The van der Waals surface area contributed by atoms with Gasteiger partial charge < -0.3 is 15.2 Å². The third kappa shape index (κ3) is 6.57. The molecule has 2 atom stereocenters. The number of carbonyl (C=O) groups is 2. The zero-order valence-electron chi connectivity index (χ0n) is 15.2. The number of nitrogens with zero attached hydrogens (tertiary/aromatic N) is 2. The molecule has 1 aliphatic heterocycles. The summed E-state index contributed by atoms with van der Waals surface area (Å²) in [6.45, 7) is 4.46. The van der Waals surface area contributed by atoms with Gasteiger partial charge in [-0.05, 0) is 25.6 Å². The van der Waals surface area contributed by atoms with E-state index in [9.17, 15) is 9.59 Å². The van der Waals surface area contributed by atoms with Crippen LogP contribution in [0, 0.1) is 0 Å². The number of carboxylic acids is 1. The topological polar surface area (TPSA) is 82.1 Å². The maximum Gasteiger partial charge on any atom is 0.317 e. The first-order valence-corrected chi connectivity index (χ1v) is 9.01. The van der Waals surface area contributed by atoms with Crippen molar-refractivity contribution in [2.75, 3.05) is 46.4 Å². The number of amides is 1. The van der Waals surface area contributed by atoms with Gasteiger partial charge >= 0.3 is 5.97 Å². The molecule has 144 valence electrons. The fourth-order valence-electron chi connectivity index (χ4n) is 3.07. The summed E-state index contributed by atoms with van der Waals surface area (Å²) < 4.78 is 5.68. The molecule has 8 heteroatoms. The van der Waals surface area contributed by atoms with E-state index in [1.165, 1.54) is 0 Å². The fourth-order valence-corrected chi connectivity index (χ4v) is 3.37. The molecule has 2 N–H and O–H groups in total. The number of benzene rings is 1. The van der Waals surface area contributed by atoms with Crippen LogP contribution in [-0.2, 0) is 14.3 Å². The second-order valence-electron chi connectivity index (χ2n) is 6.63. The minimum atomic E-state index is -0.867. The minimum absolute atomic E-state index is 0.0320. The Morgan fingerprint density at radius 3 is 2.88 bits per heavy atom. The Bertz CT molecular complexity index is 628. The van der Waals surface area contributed by atoms with Crippen LogP contribution in [0.15, 0.2) is 24.3 Å². The summed E-state index contributed by atoms with van der Waals surface area (Å²) in [6, 6.07) is 7.28. The van der Waals surface area contributed by atoms with Crippen molar-refractivity contribution in [3.05, 3.63) is 34.9 Å². The lowest BCUT2D eigenvalue weighted by Gasteiger charge is -2.34. The summed E-state index contributed by atoms with van der Waals surface area (Å²) in [6.07, 6.45) is -0.109. The molecule has 1 heterocycles. The number of ether oxygens (including phenoxy) is 1. The van der Waals surface area contributed by atoms with Gasteiger partial charge in [0.1, 0.15) is 0 Å². The molecular formula is C18H26ClN3O4. The van der Waals surface area contributed by atoms with E-state index in [1.54, 1.807) is 18.0 Å². The molecule has 1 fully saturated rings. The Balaban J connectivity index is 1.81. The third-order valence-corrected chi connectivity index (χ3v) is 4.60. The maximum absolute atomic E-state index is 12.4. The Hall–Kier alpha value is -1.67. The predicted molar refractivity (Wildman–Crippen MR) is 99.3 cm³/mol. The monoisotopic (exact) mass is 383 g/mol. The molecular weight excluding hydrogens is 358 g/mol. The molecule has 1 aromatic rings. The second kappa shape index (κ2) is 9.87. The van der Waals surface area contributed by atoms with Gasteiger partial charge in [0.15, 0.2) is 0 Å². The molecule has 1 amide bonds. The highest BCUT2D eigenvalue weighted by molar-refractivity contribution is 6.31. The summed E-state index contributed by atoms with van der Waals surface area (Å²) >= 11 is 6.17. The summed E-state index contributed by atoms with van der Waals surface area (Å²) in [5, 5.41) is 12.4. The number of nitrogens with one attached hydrogen (secondary N) is 1. The van der Waals surface area contributed by atoms with Crippen molar-refractivity contribution in [3.8, 4) is 0 Å². The lowest BCUT2D eigenvalue weighted by molar-refractivity contribution is -0.138. The fraction of sp³-hybridized carbons (Fsp3) is 0.556. The minimum Gasteiger partial charge on any atom is -0.480 e. The predicted octanol–water partition coefficient (Wildman–Crippen LogP) is 1.23. The lowest BCUT2D eigenvalue weighted by atomic mass is 10.1. The van der Waals surface area contributed by atoms with Gasteiger partial charge in [0.05, 0.1) is 31.8 Å². The number of morpholine rings is 1. The number of likely N-dealkylation sites (N-methyl/N-ethyl adjacent to an activating group) is 1. The summed E-state index contributed by atoms with van der Waals surface area (Å²) in [7, 11) is 1.74. The Labute approximate surface area is 158 Å². The summed E-state index contributed by atoms with van der Waals surface area (Å²) in [5.41, 5.74) is 0.887. The van der Waals surface area contributed by atoms with Gasteiger partial charge in [0.2, 0.25) is 5.91 Å². The van der Waals surface area contributed by atoms with E-state index in [0.717, 1.165) is 5.56 Å². The van der Waals surface area contributed by atoms with Crippen molar-refractivity contribution in [1.82, 2.24) is 15.1 Å². The molecule has 26 heavy (non-hydrogen) atoms. The lowest BCUT2D eigenvalue weighted by Crippen LogP contribution is -2.50. The van der Waals surface area contributed by atoms with E-state index in [1.807, 2.05) is 30.0 Å². The van der Waals surface area contributed by atoms with Crippen LogP contribution in [0.25, 0.3) is 0 Å². The number of carbonyl (C=O) groups excluding carboxylic acids is 1. The number of hydrogen-bond donors (Lipinski definition) is 2. The van der Waals surface area contributed by atoms with Crippen LogP contribution >= 0.6 is 11.6 Å². The quantitative estimate of drug-likeness (QED) is 0.702. The molecule has 0 radical (unpaired) electrons. The Morgan fingerprint density at radius 1 is 1.46 bits per heavy atom. The van der Waals surface area contributed by atoms with Crippen LogP contribution in [0.4, 0.5) is 0 Å². The van der Waals surface area contributed by atoms with Crippen molar-refractivity contribution in [3.63, 3.8) is 0 Å². The zero-order chi connectivity index (χ0) is 19.1. The molecule has 2 rings (SSSR count). The SMILES string of the molecule is CC(NC(=O)CN1CCOC(CN(C)CC(=O)O)C1)c1ccccc1Cl. The summed E-state index contributed by atoms with van der Waals surface area (Å²) in [4.78, 5) is 26.8. The second-order valence-corrected chi connectivity index (χ2v) is 7.04. The highest BCUT2D eigenvalue weighted by Crippen LogP contribution is 2.22. The highest BCUT2D eigenvalue weighted by Gasteiger charge is 2.24. The van der Waals surface area contributed by atoms with E-state index in [0.29, 0.717) is 31.3 Å². The Morgan fingerprint density at radius 2 is 2.19 bits per heavy atom. The van der Waals surface area contributed by atoms with Crippen molar-refractivity contribution in [2.24, 2.45) is 0 Å². The molecule has 1 aromatic carbocycles. The van der Waals surface area contributed by atoms with Crippen molar-refractivity contribution in [1.29, 1.82) is 0 Å². The molecule has 0 bridgehead atoms. The largest absolute Gasteiger partial charge is 0.480 e. The average molecular weight is 384 g/mol. The zero-order valence-corrected chi connectivity index (χ0v) is 15.9. The normalized spacial score (nSPS) is 19.3. The number of halogens is 1. The Kier molecular flexibility index (Phi) is 7.84. The average Bonchev–Trinajstić information content (AvgIpc) is 2.54. The summed E-state index contributed by atoms with van der Waals surface area (Å²) in [5.74, 6) is -0.940. The first-order chi connectivity index (χ1) is 12.3. The number of hydrogen-bond acceptors (Lipinski definition) is 5. The van der Waals surface area contributed by atoms with Crippen LogP contribution in [-0.4, -0.2) is 79.3 Å². The van der Waals surface area contributed by atoms with E-state index in [-0.39, 0.29) is 31.1 Å². The number of carboxylic acid groups (broad SMARTS) is 1. The maximum atomic E-state index is 12.4. The van der Waals surface area contributed by atoms with E-state index in [4.69, 9.17) is 21.4 Å². The van der Waals surface area contributed by atoms with Gasteiger partial charge in [0.25, 0.3) is 0 Å². The van der Waals surface area contributed by atoms with E-state index < -0.39 is 5.97 Å². The molecule has 2 unspecified atom stereocenters. The smallest absolute Gasteiger partial charge is 0.317 e. The first kappa shape index (κ1) is 20.6. The van der Waals surface area contributed by atoms with Crippen molar-refractivity contribution < 1.29 is 19.4 Å². The van der Waals surface area contributed by atoms with Gasteiger partial charge in [-0.1, -0.05) is 29.8 Å². The standard InChI is InChI=1S/C18H26ClN3O4/c1-13(15-5-3-4-6-16(15)19)20-17(23)11-22-7-8-26-14(10-22)9-21(2)12-18(24)25/h3-6,13-14H,7-12H2,1-2H3,(H,20,23)(H,24,25). The van der Waals surface area contributed by atoms with Gasteiger partial charge in [-0.2, -0.15) is 0 Å². The van der Waals surface area contributed by atoms with Gasteiger partial charge in [0, 0.05) is 24.7 Å². The molecule has 1 saturated heterocycles. The van der Waals surface area contributed by atoms with Crippen molar-refractivity contribution in [2.45, 2.75) is 19.1 Å². The molecule has 0 aromatic heterocycles. The van der Waals surface area contributed by atoms with Crippen LogP contribution in [0.1, 0.15) is 18.5 Å². The van der Waals surface area contributed by atoms with Crippen LogP contribution in [0.5, 0.6) is 0 Å². The highest BCUT2D eigenvalue weighted by atomic mass is 35.5. The van der Waals surface area contributed by atoms with Gasteiger partial charge in [-0.3, -0.25) is 19.4 Å². The molecule has 7 nitrogen and oxygen atoms in total. The van der Waals surface area contributed by atoms with E-state index in [2.05, 4.69) is 5.32 Å². The number of rotatable bonds is 8. The van der Waals surface area contributed by atoms with Gasteiger partial charge in [-0.15, -0.1) is 0 Å². The van der Waals surface area contributed by atoms with Crippen molar-refractivity contribution >= 4 is 23.5 Å². The molecule has 0 aliphatic carbocycles. The third-order valence-electron chi connectivity index (χ3n) is 4.26.